The fourth-order valence-electron chi connectivity index (χ4n) is 7.27. The number of nitrogens with zero attached hydrogens (tertiary/aromatic N) is 4. The third kappa shape index (κ3) is 7.66. The first-order chi connectivity index (χ1) is 25.1. The second kappa shape index (κ2) is 13.7. The second-order valence-electron chi connectivity index (χ2n) is 14.9. The molecule has 5 amide bonds. The zero-order chi connectivity index (χ0) is 39.4. The van der Waals surface area contributed by atoms with Gasteiger partial charge in [-0.15, -0.1) is 13.2 Å². The number of likely N-dealkylation sites (tertiary alicyclic amines) is 1. The summed E-state index contributed by atoms with van der Waals surface area (Å²) in [6.45, 7) is 9.24. The molecule has 2 aromatic rings. The molecule has 0 saturated carbocycles. The number of carbonyl (C=O) groups excluding carboxylic acids is 4. The van der Waals surface area contributed by atoms with Gasteiger partial charge in [-0.2, -0.15) is 4.31 Å². The molecule has 3 saturated heterocycles. The van der Waals surface area contributed by atoms with Gasteiger partial charge in [0, 0.05) is 42.8 Å². The zero-order valence-corrected chi connectivity index (χ0v) is 31.2. The van der Waals surface area contributed by atoms with Gasteiger partial charge in [-0.1, -0.05) is 0 Å². The van der Waals surface area contributed by atoms with E-state index < -0.39 is 62.8 Å². The number of halogens is 3. The summed E-state index contributed by atoms with van der Waals surface area (Å²) in [5, 5.41) is 6.19. The number of nitrogens with one attached hydrogen (secondary N) is 2. The van der Waals surface area contributed by atoms with Crippen LogP contribution in [-0.4, -0.2) is 96.6 Å². The summed E-state index contributed by atoms with van der Waals surface area (Å²) in [5.74, 6) is -1.11. The van der Waals surface area contributed by atoms with Crippen molar-refractivity contribution in [1.82, 2.24) is 19.8 Å². The number of aliphatic imine (C=N–C) groups is 1. The molecular formula is C36H41F3N6O8S. The number of ether oxygens (including phenoxy) is 2. The van der Waals surface area contributed by atoms with Crippen molar-refractivity contribution in [3.05, 3.63) is 64.1 Å². The SMILES string of the molecule is Cc1cc(N2C(=O)NC(=O)C23CCN(C(=O)OC(C)(C)C)CC3)cc(C)c1/C=C/S(=O)(=O)N1CCC2(CC1)N=C(c1ccc(OC(F)(F)F)cc1)NC2=O. The number of hydrogen-bond acceptors (Lipinski definition) is 9. The van der Waals surface area contributed by atoms with Gasteiger partial charge in [-0.05, 0) is 119 Å². The molecule has 4 aliphatic rings. The van der Waals surface area contributed by atoms with Crippen LogP contribution in [0, 0.1) is 13.8 Å². The predicted octanol–water partition coefficient (Wildman–Crippen LogP) is 4.74. The molecule has 0 aromatic heterocycles. The summed E-state index contributed by atoms with van der Waals surface area (Å²) in [4.78, 5) is 59.6. The van der Waals surface area contributed by atoms with Crippen molar-refractivity contribution in [1.29, 1.82) is 0 Å². The molecule has 2 spiro atoms. The smallest absolute Gasteiger partial charge is 0.444 e. The average molecular weight is 775 g/mol. The Hall–Kier alpha value is -4.97. The van der Waals surface area contributed by atoms with Crippen molar-refractivity contribution >= 4 is 51.6 Å². The number of urea groups is 1. The lowest BCUT2D eigenvalue weighted by Gasteiger charge is -2.42. The van der Waals surface area contributed by atoms with Gasteiger partial charge in [-0.3, -0.25) is 24.8 Å². The summed E-state index contributed by atoms with van der Waals surface area (Å²) < 4.78 is 75.2. The number of aryl methyl sites for hydroxylation is 2. The van der Waals surface area contributed by atoms with Crippen LogP contribution in [-0.2, 0) is 24.3 Å². The summed E-state index contributed by atoms with van der Waals surface area (Å²) in [6, 6.07) is 7.76. The molecule has 6 rings (SSSR count). The fourth-order valence-corrected chi connectivity index (χ4v) is 8.44. The lowest BCUT2D eigenvalue weighted by molar-refractivity contribution is -0.274. The van der Waals surface area contributed by atoms with Crippen LogP contribution in [0.25, 0.3) is 6.08 Å². The van der Waals surface area contributed by atoms with E-state index in [4.69, 9.17) is 4.74 Å². The van der Waals surface area contributed by atoms with Gasteiger partial charge in [0.1, 0.15) is 28.3 Å². The number of amidine groups is 1. The number of alkyl halides is 3. The molecule has 2 aromatic carbocycles. The molecule has 0 aliphatic carbocycles. The molecule has 0 radical (unpaired) electrons. The average Bonchev–Trinajstić information content (AvgIpc) is 3.50. The van der Waals surface area contributed by atoms with Crippen molar-refractivity contribution in [2.45, 2.75) is 83.3 Å². The number of piperidine rings is 2. The minimum absolute atomic E-state index is 0.00231. The highest BCUT2D eigenvalue weighted by Crippen LogP contribution is 2.39. The van der Waals surface area contributed by atoms with Gasteiger partial charge in [0.25, 0.3) is 11.8 Å². The van der Waals surface area contributed by atoms with E-state index in [0.29, 0.717) is 27.9 Å². The van der Waals surface area contributed by atoms with Crippen molar-refractivity contribution in [3.8, 4) is 5.75 Å². The van der Waals surface area contributed by atoms with Gasteiger partial charge in [0.05, 0.1) is 0 Å². The monoisotopic (exact) mass is 774 g/mol. The predicted molar refractivity (Wildman–Crippen MR) is 191 cm³/mol. The standard InChI is InChI=1S/C36H41F3N6O8S/c1-22-20-25(45-31(48)41-30(47)35(45)13-15-43(16-14-35)32(49)53-33(3,4)5)21-23(2)27(22)10-19-54(50,51)44-17-11-34(12-18-44)29(46)40-28(42-34)24-6-8-26(9-7-24)52-36(37,38)39/h6-10,19-21H,11-18H2,1-5H3,(H,40,42,46)(H,41,47,48)/b19-10+. The first-order valence-corrected chi connectivity index (χ1v) is 18.8. The highest BCUT2D eigenvalue weighted by Gasteiger charge is 2.55. The number of sulfonamides is 1. The molecule has 2 N–H and O–H groups in total. The molecule has 4 heterocycles. The third-order valence-electron chi connectivity index (χ3n) is 10.0. The molecule has 0 unspecified atom stereocenters. The van der Waals surface area contributed by atoms with Gasteiger partial charge < -0.3 is 19.7 Å². The van der Waals surface area contributed by atoms with E-state index in [2.05, 4.69) is 20.4 Å². The Morgan fingerprint density at radius 3 is 2.04 bits per heavy atom. The van der Waals surface area contributed by atoms with Crippen molar-refractivity contribution in [2.75, 3.05) is 31.1 Å². The topological polar surface area (TPSA) is 167 Å². The Balaban J connectivity index is 1.13. The molecule has 18 heteroatoms. The van der Waals surface area contributed by atoms with Gasteiger partial charge in [0.15, 0.2) is 0 Å². The summed E-state index contributed by atoms with van der Waals surface area (Å²) in [7, 11) is -3.95. The lowest BCUT2D eigenvalue weighted by Crippen LogP contribution is -2.58. The first kappa shape index (κ1) is 38.7. The zero-order valence-electron chi connectivity index (χ0n) is 30.4. The van der Waals surface area contributed by atoms with E-state index in [1.54, 1.807) is 46.8 Å². The van der Waals surface area contributed by atoms with Crippen LogP contribution >= 0.6 is 0 Å². The van der Waals surface area contributed by atoms with E-state index in [0.717, 1.165) is 17.5 Å². The van der Waals surface area contributed by atoms with Crippen LogP contribution in [0.1, 0.15) is 68.7 Å². The molecule has 54 heavy (non-hydrogen) atoms. The molecule has 0 bridgehead atoms. The number of rotatable bonds is 6. The number of benzene rings is 2. The lowest BCUT2D eigenvalue weighted by atomic mass is 9.85. The molecule has 3 fully saturated rings. The normalized spacial score (nSPS) is 20.4. The minimum atomic E-state index is -4.85. The minimum Gasteiger partial charge on any atom is -0.444 e. The Kier molecular flexibility index (Phi) is 9.84. The van der Waals surface area contributed by atoms with Crippen molar-refractivity contribution in [3.63, 3.8) is 0 Å². The van der Waals surface area contributed by atoms with E-state index in [9.17, 15) is 40.8 Å². The third-order valence-corrected chi connectivity index (χ3v) is 11.6. The van der Waals surface area contributed by atoms with Crippen LogP contribution < -0.4 is 20.3 Å². The summed E-state index contributed by atoms with van der Waals surface area (Å²) >= 11 is 0. The van der Waals surface area contributed by atoms with E-state index in [1.165, 1.54) is 32.3 Å². The first-order valence-electron chi connectivity index (χ1n) is 17.3. The Bertz CT molecular complexity index is 2020. The number of hydrogen-bond donors (Lipinski definition) is 2. The highest BCUT2D eigenvalue weighted by molar-refractivity contribution is 7.92. The van der Waals surface area contributed by atoms with Gasteiger partial charge in [-0.25, -0.2) is 18.0 Å². The number of anilines is 1. The maximum absolute atomic E-state index is 13.5. The van der Waals surface area contributed by atoms with Gasteiger partial charge in [0.2, 0.25) is 10.0 Å². The highest BCUT2D eigenvalue weighted by atomic mass is 32.2. The van der Waals surface area contributed by atoms with Crippen molar-refractivity contribution in [2.24, 2.45) is 4.99 Å². The van der Waals surface area contributed by atoms with Crippen LogP contribution in [0.3, 0.4) is 0 Å². The molecule has 14 nitrogen and oxygen atoms in total. The maximum atomic E-state index is 13.5. The fraction of sp³-hybridized carbons (Fsp3) is 0.472. The van der Waals surface area contributed by atoms with Crippen LogP contribution in [0.4, 0.5) is 28.4 Å². The second-order valence-corrected chi connectivity index (χ2v) is 16.7. The number of amides is 5. The molecular weight excluding hydrogens is 733 g/mol. The van der Waals surface area contributed by atoms with Crippen LogP contribution in [0.2, 0.25) is 0 Å². The van der Waals surface area contributed by atoms with E-state index in [-0.39, 0.29) is 57.7 Å². The number of imide groups is 1. The maximum Gasteiger partial charge on any atom is 0.573 e. The Morgan fingerprint density at radius 1 is 0.889 bits per heavy atom. The number of carbonyl (C=O) groups is 4. The van der Waals surface area contributed by atoms with Gasteiger partial charge >= 0.3 is 18.5 Å². The van der Waals surface area contributed by atoms with E-state index in [1.807, 2.05) is 0 Å². The van der Waals surface area contributed by atoms with Crippen LogP contribution in [0.15, 0.2) is 46.8 Å². The van der Waals surface area contributed by atoms with Crippen molar-refractivity contribution < 1.29 is 50.2 Å². The molecule has 4 aliphatic heterocycles. The molecule has 290 valence electrons. The summed E-state index contributed by atoms with van der Waals surface area (Å²) in [5.41, 5.74) is -0.363. The Labute approximate surface area is 310 Å². The molecule has 0 atom stereocenters. The largest absolute Gasteiger partial charge is 0.573 e. The van der Waals surface area contributed by atoms with E-state index >= 15 is 0 Å². The Morgan fingerprint density at radius 2 is 1.48 bits per heavy atom. The summed E-state index contributed by atoms with van der Waals surface area (Å²) in [6.07, 6.45) is -3.29. The van der Waals surface area contributed by atoms with Crippen LogP contribution in [0.5, 0.6) is 5.75 Å². The quantitative estimate of drug-likeness (QED) is 0.397.